The van der Waals surface area contributed by atoms with Crippen LogP contribution in [-0.2, 0) is 6.67 Å². The lowest BCUT2D eigenvalue weighted by Gasteiger charge is -2.23. The predicted octanol–water partition coefficient (Wildman–Crippen LogP) is 4.00. The quantitative estimate of drug-likeness (QED) is 0.472. The minimum absolute atomic E-state index is 0.00642. The summed E-state index contributed by atoms with van der Waals surface area (Å²) in [6.45, 7) is 2.65. The predicted molar refractivity (Wildman–Crippen MR) is 92.1 cm³/mol. The fourth-order valence-corrected chi connectivity index (χ4v) is 3.09. The molecule has 0 radical (unpaired) electrons. The van der Waals surface area contributed by atoms with E-state index in [1.54, 1.807) is 16.8 Å². The van der Waals surface area contributed by atoms with Gasteiger partial charge in [0.05, 0.1) is 11.6 Å². The van der Waals surface area contributed by atoms with Gasteiger partial charge in [-0.3, -0.25) is 15.0 Å². The monoisotopic (exact) mass is 348 g/mol. The molecule has 2 heterocycles. The van der Waals surface area contributed by atoms with Crippen molar-refractivity contribution in [3.8, 4) is 11.5 Å². The van der Waals surface area contributed by atoms with E-state index >= 15 is 0 Å². The molecule has 1 aliphatic heterocycles. The molecule has 2 aromatic rings. The van der Waals surface area contributed by atoms with Gasteiger partial charge in [0, 0.05) is 17.7 Å². The third-order valence-corrected chi connectivity index (χ3v) is 4.49. The summed E-state index contributed by atoms with van der Waals surface area (Å²) in [6, 6.07) is 6.23. The summed E-state index contributed by atoms with van der Waals surface area (Å²) in [6.07, 6.45) is 6.21. The zero-order chi connectivity index (χ0) is 16.9. The van der Waals surface area contributed by atoms with Crippen molar-refractivity contribution in [2.45, 2.75) is 38.8 Å². The number of rotatable bonds is 4. The molecule has 128 valence electrons. The van der Waals surface area contributed by atoms with E-state index in [1.807, 2.05) is 0 Å². The van der Waals surface area contributed by atoms with Gasteiger partial charge in [0.1, 0.15) is 0 Å². The van der Waals surface area contributed by atoms with Crippen molar-refractivity contribution in [2.75, 3.05) is 13.1 Å². The molecule has 0 saturated carbocycles. The highest BCUT2D eigenvalue weighted by atomic mass is 32.1. The molecule has 1 aromatic heterocycles. The lowest BCUT2D eigenvalue weighted by Crippen LogP contribution is -2.30. The molecule has 0 bridgehead atoms. The molecule has 3 rings (SSSR count). The summed E-state index contributed by atoms with van der Waals surface area (Å²) in [4.78, 5) is 13.1. The third kappa shape index (κ3) is 4.07. The molecule has 24 heavy (non-hydrogen) atoms. The van der Waals surface area contributed by atoms with E-state index in [0.29, 0.717) is 23.0 Å². The molecule has 0 spiro atoms. The Morgan fingerprint density at radius 3 is 2.62 bits per heavy atom. The smallest absolute Gasteiger partial charge is 0.288 e. The minimum atomic E-state index is -0.435. The first-order valence-corrected chi connectivity index (χ1v) is 8.59. The number of nitro benzene ring substituents is 1. The third-order valence-electron chi connectivity index (χ3n) is 4.19. The second kappa shape index (κ2) is 7.67. The normalized spacial score (nSPS) is 16.5. The molecule has 0 atom stereocenters. The van der Waals surface area contributed by atoms with Gasteiger partial charge in [0.25, 0.3) is 10.5 Å². The van der Waals surface area contributed by atoms with E-state index in [9.17, 15) is 10.1 Å². The SMILES string of the molecule is O=[N+]([O-])c1cccc(-c2nn(CN3CCCCCCC3)c(=S)o2)c1. The van der Waals surface area contributed by atoms with Gasteiger partial charge in [-0.05, 0) is 44.2 Å². The molecule has 0 amide bonds. The van der Waals surface area contributed by atoms with E-state index in [2.05, 4.69) is 10.00 Å². The second-order valence-corrected chi connectivity index (χ2v) is 6.36. The molecular formula is C16H20N4O3S. The van der Waals surface area contributed by atoms with Crippen LogP contribution in [0, 0.1) is 15.0 Å². The first-order valence-electron chi connectivity index (χ1n) is 8.18. The maximum Gasteiger partial charge on any atom is 0.288 e. The van der Waals surface area contributed by atoms with Crippen molar-refractivity contribution in [1.29, 1.82) is 0 Å². The number of aromatic nitrogens is 2. The molecule has 0 aliphatic carbocycles. The Bertz CT molecular complexity index is 763. The van der Waals surface area contributed by atoms with E-state index in [4.69, 9.17) is 16.6 Å². The first-order chi connectivity index (χ1) is 11.6. The standard InChI is InChI=1S/C16H20N4O3S/c21-20(22)14-8-6-7-13(11-14)15-17-19(16(24)23-15)12-18-9-4-2-1-3-5-10-18/h6-8,11H,1-5,9-10,12H2. The van der Waals surface area contributed by atoms with E-state index < -0.39 is 4.92 Å². The highest BCUT2D eigenvalue weighted by Gasteiger charge is 2.15. The summed E-state index contributed by atoms with van der Waals surface area (Å²) in [5, 5.41) is 15.3. The van der Waals surface area contributed by atoms with Crippen LogP contribution in [0.25, 0.3) is 11.5 Å². The van der Waals surface area contributed by atoms with Gasteiger partial charge in [0.2, 0.25) is 5.89 Å². The molecule has 8 heteroatoms. The van der Waals surface area contributed by atoms with Gasteiger partial charge in [-0.25, -0.2) is 4.68 Å². The lowest BCUT2D eigenvalue weighted by atomic mass is 10.1. The van der Waals surface area contributed by atoms with Crippen molar-refractivity contribution in [3.63, 3.8) is 0 Å². The van der Waals surface area contributed by atoms with Gasteiger partial charge in [-0.1, -0.05) is 25.3 Å². The average molecular weight is 348 g/mol. The van der Waals surface area contributed by atoms with Crippen LogP contribution in [0.15, 0.2) is 28.7 Å². The molecule has 1 aliphatic rings. The molecule has 1 saturated heterocycles. The number of nitrogens with zero attached hydrogens (tertiary/aromatic N) is 4. The highest BCUT2D eigenvalue weighted by Crippen LogP contribution is 2.23. The van der Waals surface area contributed by atoms with Gasteiger partial charge in [0.15, 0.2) is 0 Å². The second-order valence-electron chi connectivity index (χ2n) is 6.01. The maximum atomic E-state index is 10.9. The Morgan fingerprint density at radius 1 is 1.21 bits per heavy atom. The van der Waals surface area contributed by atoms with Crippen LogP contribution in [0.2, 0.25) is 0 Å². The van der Waals surface area contributed by atoms with Crippen LogP contribution in [-0.4, -0.2) is 32.7 Å². The maximum absolute atomic E-state index is 10.9. The van der Waals surface area contributed by atoms with Gasteiger partial charge in [-0.15, -0.1) is 5.10 Å². The minimum Gasteiger partial charge on any atom is -0.409 e. The van der Waals surface area contributed by atoms with Crippen molar-refractivity contribution in [1.82, 2.24) is 14.7 Å². The Hall–Kier alpha value is -2.06. The summed E-state index contributed by atoms with van der Waals surface area (Å²) in [5.74, 6) is 0.316. The van der Waals surface area contributed by atoms with Gasteiger partial charge in [-0.2, -0.15) is 0 Å². The zero-order valence-corrected chi connectivity index (χ0v) is 14.2. The van der Waals surface area contributed by atoms with Crippen LogP contribution in [0.4, 0.5) is 5.69 Å². The van der Waals surface area contributed by atoms with Crippen molar-refractivity contribution >= 4 is 17.9 Å². The average Bonchev–Trinajstić information content (AvgIpc) is 2.91. The van der Waals surface area contributed by atoms with Gasteiger partial charge < -0.3 is 4.42 Å². The zero-order valence-electron chi connectivity index (χ0n) is 13.4. The molecule has 1 fully saturated rings. The topological polar surface area (TPSA) is 77.3 Å². The Morgan fingerprint density at radius 2 is 1.92 bits per heavy atom. The number of likely N-dealkylation sites (tertiary alicyclic amines) is 1. The number of non-ortho nitro benzene ring substituents is 1. The van der Waals surface area contributed by atoms with Gasteiger partial charge >= 0.3 is 0 Å². The van der Waals surface area contributed by atoms with Crippen molar-refractivity contribution < 1.29 is 9.34 Å². The number of hydrogen-bond acceptors (Lipinski definition) is 6. The molecule has 0 N–H and O–H groups in total. The van der Waals surface area contributed by atoms with Crippen molar-refractivity contribution in [3.05, 3.63) is 39.2 Å². The van der Waals surface area contributed by atoms with E-state index in [1.165, 1.54) is 44.2 Å². The summed E-state index contributed by atoms with van der Waals surface area (Å²) in [7, 11) is 0. The molecule has 7 nitrogen and oxygen atoms in total. The summed E-state index contributed by atoms with van der Waals surface area (Å²) < 4.78 is 7.21. The van der Waals surface area contributed by atoms with Crippen LogP contribution in [0.1, 0.15) is 32.1 Å². The van der Waals surface area contributed by atoms with Crippen LogP contribution in [0.3, 0.4) is 0 Å². The summed E-state index contributed by atoms with van der Waals surface area (Å²) in [5.41, 5.74) is 0.564. The van der Waals surface area contributed by atoms with E-state index in [-0.39, 0.29) is 5.69 Å². The van der Waals surface area contributed by atoms with Crippen LogP contribution < -0.4 is 0 Å². The first kappa shape index (κ1) is 16.8. The molecule has 1 aromatic carbocycles. The fraction of sp³-hybridized carbons (Fsp3) is 0.500. The number of benzene rings is 1. The van der Waals surface area contributed by atoms with E-state index in [0.717, 1.165) is 13.1 Å². The number of hydrogen-bond donors (Lipinski definition) is 0. The van der Waals surface area contributed by atoms with Crippen molar-refractivity contribution in [2.24, 2.45) is 0 Å². The molecule has 0 unspecified atom stereocenters. The summed E-state index contributed by atoms with van der Waals surface area (Å²) >= 11 is 5.26. The Kier molecular flexibility index (Phi) is 5.37. The molecular weight excluding hydrogens is 328 g/mol. The lowest BCUT2D eigenvalue weighted by molar-refractivity contribution is -0.384. The fourth-order valence-electron chi connectivity index (χ4n) is 2.91. The highest BCUT2D eigenvalue weighted by molar-refractivity contribution is 7.71. The Balaban J connectivity index is 1.78. The number of nitro groups is 1. The van der Waals surface area contributed by atoms with Crippen LogP contribution in [0.5, 0.6) is 0 Å². The Labute approximate surface area is 145 Å². The largest absolute Gasteiger partial charge is 0.409 e. The van der Waals surface area contributed by atoms with Crippen LogP contribution >= 0.6 is 12.2 Å².